The summed E-state index contributed by atoms with van der Waals surface area (Å²) >= 11 is 1.27. The van der Waals surface area contributed by atoms with Gasteiger partial charge in [0.05, 0.1) is 18.3 Å². The molecule has 2 aliphatic rings. The number of rotatable bonds is 8. The van der Waals surface area contributed by atoms with Crippen LogP contribution in [-0.2, 0) is 16.0 Å². The summed E-state index contributed by atoms with van der Waals surface area (Å²) in [5, 5.41) is 23.8. The van der Waals surface area contributed by atoms with E-state index in [1.165, 1.54) is 28.4 Å². The van der Waals surface area contributed by atoms with E-state index in [4.69, 9.17) is 24.7 Å². The third kappa shape index (κ3) is 7.94. The van der Waals surface area contributed by atoms with Gasteiger partial charge in [0.2, 0.25) is 11.9 Å². The van der Waals surface area contributed by atoms with Crippen LogP contribution < -0.4 is 15.1 Å². The molecule has 0 saturated carbocycles. The first-order valence-electron chi connectivity index (χ1n) is 18.3. The zero-order valence-electron chi connectivity index (χ0n) is 31.4. The fraction of sp³-hybridized carbons (Fsp3) is 0.410. The molecule has 0 radical (unpaired) electrons. The normalized spacial score (nSPS) is 17.7. The number of nitriles is 1. The van der Waals surface area contributed by atoms with E-state index >= 15 is 0 Å². The van der Waals surface area contributed by atoms with Crippen LogP contribution >= 0.6 is 11.3 Å². The van der Waals surface area contributed by atoms with Crippen molar-refractivity contribution < 1.29 is 23.8 Å². The molecule has 2 saturated heterocycles. The monoisotopic (exact) mass is 766 g/mol. The number of halogens is 1. The van der Waals surface area contributed by atoms with E-state index in [0.717, 1.165) is 28.3 Å². The lowest BCUT2D eigenvalue weighted by molar-refractivity contribution is -0.126. The van der Waals surface area contributed by atoms with E-state index in [9.17, 15) is 24.3 Å². The van der Waals surface area contributed by atoms with Crippen molar-refractivity contribution >= 4 is 45.9 Å². The Labute approximate surface area is 322 Å². The maximum Gasteiger partial charge on any atom is 0.411 e. The molecule has 2 aliphatic heterocycles. The molecule has 4 aromatic heterocycles. The number of nitrogens with one attached hydrogen (secondary N) is 1. The van der Waals surface area contributed by atoms with Gasteiger partial charge in [0.15, 0.2) is 5.13 Å². The van der Waals surface area contributed by atoms with Crippen molar-refractivity contribution in [2.24, 2.45) is 0 Å². The van der Waals surface area contributed by atoms with Crippen LogP contribution in [-0.4, -0.2) is 96.8 Å². The number of thiazole rings is 1. The summed E-state index contributed by atoms with van der Waals surface area (Å²) in [7, 11) is 1.90. The van der Waals surface area contributed by atoms with Gasteiger partial charge in [-0.2, -0.15) is 5.26 Å². The van der Waals surface area contributed by atoms with Crippen LogP contribution in [0.3, 0.4) is 0 Å². The molecule has 7 rings (SSSR count). The molecule has 2 fully saturated rings. The molecule has 2 amide bonds. The smallest absolute Gasteiger partial charge is 0.411 e. The summed E-state index contributed by atoms with van der Waals surface area (Å²) in [6, 6.07) is 11.3. The van der Waals surface area contributed by atoms with Gasteiger partial charge in [-0.3, -0.25) is 14.1 Å². The molecule has 16 heteroatoms. The number of carbonyl (C=O) groups excluding carboxylic acids is 2. The standard InChI is InChI=1S/C39H43FN10O4S/c1-6-29-35(47(5)37-46-33(31(18-41)55-37)23-7-10-26(40)11-8-23)50-21-24(9-12-32(50)45-29)25-19-42-36(43-20-25)48-15-13-27(14-16-48)44-34(52)30-17-28(51)22-49(30)38(53)54-39(2,3)4/h7-12,19-21,27-28,30,51H,6,13-17,22H2,1-5H3,(H,44,52)/t28-,30+/m1/s1. The first-order chi connectivity index (χ1) is 26.3. The van der Waals surface area contributed by atoms with E-state index in [1.807, 2.05) is 41.6 Å². The minimum absolute atomic E-state index is 0.0600. The molecule has 0 aliphatic carbocycles. The second kappa shape index (κ2) is 15.2. The number of aliphatic hydroxyl groups is 1. The number of nitrogens with zero attached hydrogens (tertiary/aromatic N) is 9. The number of β-amino-alcohol motifs (C(OH)–C–C–N with tert-alkyl or cyclic N) is 1. The second-order valence-electron chi connectivity index (χ2n) is 14.8. The van der Waals surface area contributed by atoms with Crippen molar-refractivity contribution in [3.63, 3.8) is 0 Å². The van der Waals surface area contributed by atoms with Crippen molar-refractivity contribution in [1.82, 2.24) is 34.6 Å². The number of hydrogen-bond acceptors (Lipinski definition) is 12. The molecular formula is C39H43FN10O4S. The molecule has 2 atom stereocenters. The molecule has 6 heterocycles. The van der Waals surface area contributed by atoms with Crippen LogP contribution in [0.25, 0.3) is 28.0 Å². The first kappa shape index (κ1) is 37.6. The number of anilines is 3. The minimum Gasteiger partial charge on any atom is -0.444 e. The molecule has 5 aromatic rings. The summed E-state index contributed by atoms with van der Waals surface area (Å²) in [6.07, 6.45) is 6.39. The Morgan fingerprint density at radius 3 is 2.42 bits per heavy atom. The Hall–Kier alpha value is -5.66. The first-order valence-corrected chi connectivity index (χ1v) is 19.1. The number of imidazole rings is 1. The van der Waals surface area contributed by atoms with Crippen LogP contribution in [0, 0.1) is 17.1 Å². The number of ether oxygens (including phenoxy) is 1. The Morgan fingerprint density at radius 1 is 1.07 bits per heavy atom. The number of pyridine rings is 1. The lowest BCUT2D eigenvalue weighted by Crippen LogP contribution is -2.52. The van der Waals surface area contributed by atoms with E-state index in [1.54, 1.807) is 45.3 Å². The fourth-order valence-corrected chi connectivity index (χ4v) is 7.85. The molecule has 286 valence electrons. The third-order valence-electron chi connectivity index (χ3n) is 9.74. The van der Waals surface area contributed by atoms with Gasteiger partial charge in [0, 0.05) is 67.9 Å². The van der Waals surface area contributed by atoms with Gasteiger partial charge in [0.25, 0.3) is 0 Å². The number of aliphatic hydroxyl groups excluding tert-OH is 1. The van der Waals surface area contributed by atoms with Gasteiger partial charge < -0.3 is 25.0 Å². The van der Waals surface area contributed by atoms with E-state index in [2.05, 4.69) is 16.3 Å². The van der Waals surface area contributed by atoms with Gasteiger partial charge in [-0.1, -0.05) is 18.3 Å². The largest absolute Gasteiger partial charge is 0.444 e. The highest BCUT2D eigenvalue weighted by molar-refractivity contribution is 7.16. The number of aryl methyl sites for hydroxylation is 1. The maximum absolute atomic E-state index is 13.6. The number of fused-ring (bicyclic) bond motifs is 1. The SMILES string of the molecule is CCc1nc2ccc(-c3cnc(N4CCC(NC(=O)[C@@H]5C[C@@H](O)CN5C(=O)OC(C)(C)C)CC4)nc3)cn2c1N(C)c1nc(-c2ccc(F)cc2)c(C#N)s1. The lowest BCUT2D eigenvalue weighted by atomic mass is 10.0. The zero-order chi connectivity index (χ0) is 39.0. The van der Waals surface area contributed by atoms with Gasteiger partial charge in [-0.05, 0) is 76.4 Å². The zero-order valence-corrected chi connectivity index (χ0v) is 32.2. The summed E-state index contributed by atoms with van der Waals surface area (Å²) in [5.74, 6) is 0.766. The van der Waals surface area contributed by atoms with Gasteiger partial charge >= 0.3 is 6.09 Å². The van der Waals surface area contributed by atoms with Crippen molar-refractivity contribution in [2.75, 3.05) is 36.5 Å². The molecule has 55 heavy (non-hydrogen) atoms. The molecule has 0 bridgehead atoms. The van der Waals surface area contributed by atoms with Crippen molar-refractivity contribution in [3.05, 3.63) is 71.4 Å². The molecule has 2 N–H and O–H groups in total. The lowest BCUT2D eigenvalue weighted by Gasteiger charge is -2.34. The Morgan fingerprint density at radius 2 is 1.76 bits per heavy atom. The second-order valence-corrected chi connectivity index (χ2v) is 15.8. The number of amides is 2. The van der Waals surface area contributed by atoms with E-state index in [-0.39, 0.29) is 30.7 Å². The van der Waals surface area contributed by atoms with Crippen LogP contribution in [0.4, 0.5) is 26.1 Å². The number of aromatic nitrogens is 5. The topological polar surface area (TPSA) is 165 Å². The molecule has 1 aromatic carbocycles. The van der Waals surface area contributed by atoms with E-state index in [0.29, 0.717) is 59.6 Å². The molecule has 0 spiro atoms. The highest BCUT2D eigenvalue weighted by atomic mass is 32.1. The number of piperidine rings is 1. The van der Waals surface area contributed by atoms with Crippen LogP contribution in [0.1, 0.15) is 57.5 Å². The predicted octanol–water partition coefficient (Wildman–Crippen LogP) is 5.71. The summed E-state index contributed by atoms with van der Waals surface area (Å²) in [6.45, 7) is 8.67. The molecular weight excluding hydrogens is 724 g/mol. The fourth-order valence-electron chi connectivity index (χ4n) is 7.01. The number of hydrogen-bond donors (Lipinski definition) is 2. The van der Waals surface area contributed by atoms with Gasteiger partial charge in [-0.25, -0.2) is 29.1 Å². The molecule has 0 unspecified atom stereocenters. The van der Waals surface area contributed by atoms with Crippen molar-refractivity contribution in [2.45, 2.75) is 77.2 Å². The van der Waals surface area contributed by atoms with E-state index < -0.39 is 23.8 Å². The number of likely N-dealkylation sites (tertiary alicyclic amines) is 1. The van der Waals surface area contributed by atoms with Crippen LogP contribution in [0.2, 0.25) is 0 Å². The Bertz CT molecular complexity index is 2240. The highest BCUT2D eigenvalue weighted by Crippen LogP contribution is 2.37. The molecule has 14 nitrogen and oxygen atoms in total. The number of benzene rings is 1. The highest BCUT2D eigenvalue weighted by Gasteiger charge is 2.41. The van der Waals surface area contributed by atoms with Crippen LogP contribution in [0.15, 0.2) is 55.0 Å². The maximum atomic E-state index is 13.6. The average molecular weight is 767 g/mol. The van der Waals surface area contributed by atoms with Crippen LogP contribution in [0.5, 0.6) is 0 Å². The van der Waals surface area contributed by atoms with Crippen molar-refractivity contribution in [3.8, 4) is 28.5 Å². The summed E-state index contributed by atoms with van der Waals surface area (Å²) in [4.78, 5) is 50.8. The Kier molecular flexibility index (Phi) is 10.4. The Balaban J connectivity index is 1.03. The summed E-state index contributed by atoms with van der Waals surface area (Å²) < 4.78 is 21.1. The third-order valence-corrected chi connectivity index (χ3v) is 10.8. The summed E-state index contributed by atoms with van der Waals surface area (Å²) in [5.41, 5.74) is 3.79. The minimum atomic E-state index is -0.783. The quantitative estimate of drug-likeness (QED) is 0.199. The van der Waals surface area contributed by atoms with Crippen molar-refractivity contribution in [1.29, 1.82) is 5.26 Å². The van der Waals surface area contributed by atoms with Gasteiger partial charge in [-0.15, -0.1) is 0 Å². The average Bonchev–Trinajstić information content (AvgIpc) is 3.89. The predicted molar refractivity (Wildman–Crippen MR) is 207 cm³/mol. The number of carbonyl (C=O) groups is 2. The van der Waals surface area contributed by atoms with Gasteiger partial charge in [0.1, 0.15) is 45.6 Å².